The summed E-state index contributed by atoms with van der Waals surface area (Å²) in [5.41, 5.74) is 4.18. The number of carbonyl (C=O) groups excluding carboxylic acids is 1. The van der Waals surface area contributed by atoms with Gasteiger partial charge in [0.2, 0.25) is 0 Å². The van der Waals surface area contributed by atoms with Crippen LogP contribution in [0.3, 0.4) is 0 Å². The van der Waals surface area contributed by atoms with Crippen LogP contribution in [-0.2, 0) is 0 Å². The summed E-state index contributed by atoms with van der Waals surface area (Å²) >= 11 is 0. The van der Waals surface area contributed by atoms with E-state index in [9.17, 15) is 10.1 Å². The lowest BCUT2D eigenvalue weighted by Crippen LogP contribution is -2.15. The van der Waals surface area contributed by atoms with Crippen LogP contribution in [0.15, 0.2) is 36.4 Å². The Balaban J connectivity index is 2.38. The summed E-state index contributed by atoms with van der Waals surface area (Å²) in [6.45, 7) is 3.78. The van der Waals surface area contributed by atoms with E-state index in [0.29, 0.717) is 16.8 Å². The Morgan fingerprint density at radius 2 is 1.90 bits per heavy atom. The third-order valence-electron chi connectivity index (χ3n) is 3.32. The predicted octanol–water partition coefficient (Wildman–Crippen LogP) is 3.47. The highest BCUT2D eigenvalue weighted by molar-refractivity contribution is 6.08. The van der Waals surface area contributed by atoms with E-state index in [0.717, 1.165) is 16.8 Å². The molecular formula is C17H17N3O. The number of hydrogen-bond donors (Lipinski definition) is 2. The van der Waals surface area contributed by atoms with Gasteiger partial charge in [0.25, 0.3) is 5.91 Å². The summed E-state index contributed by atoms with van der Waals surface area (Å²) in [6.07, 6.45) is 0. The van der Waals surface area contributed by atoms with Gasteiger partial charge in [-0.05, 0) is 37.6 Å². The average molecular weight is 279 g/mol. The molecule has 0 radical (unpaired) electrons. The summed E-state index contributed by atoms with van der Waals surface area (Å²) in [7, 11) is 1.77. The van der Waals surface area contributed by atoms with Crippen LogP contribution in [0, 0.1) is 25.2 Å². The summed E-state index contributed by atoms with van der Waals surface area (Å²) < 4.78 is 0. The van der Waals surface area contributed by atoms with E-state index >= 15 is 0 Å². The van der Waals surface area contributed by atoms with Gasteiger partial charge in [0.1, 0.15) is 6.07 Å². The van der Waals surface area contributed by atoms with Crippen molar-refractivity contribution in [3.8, 4) is 6.07 Å². The molecule has 0 fully saturated rings. The van der Waals surface area contributed by atoms with Crippen molar-refractivity contribution in [3.05, 3.63) is 58.7 Å². The third-order valence-corrected chi connectivity index (χ3v) is 3.32. The van der Waals surface area contributed by atoms with E-state index in [1.165, 1.54) is 0 Å². The zero-order valence-corrected chi connectivity index (χ0v) is 12.3. The van der Waals surface area contributed by atoms with Crippen LogP contribution < -0.4 is 10.6 Å². The molecule has 0 aliphatic carbocycles. The van der Waals surface area contributed by atoms with Gasteiger partial charge in [0.05, 0.1) is 16.8 Å². The fourth-order valence-corrected chi connectivity index (χ4v) is 2.17. The van der Waals surface area contributed by atoms with Gasteiger partial charge >= 0.3 is 0 Å². The number of nitrogens with zero attached hydrogens (tertiary/aromatic N) is 1. The van der Waals surface area contributed by atoms with Crippen LogP contribution in [0.2, 0.25) is 0 Å². The molecule has 0 saturated heterocycles. The van der Waals surface area contributed by atoms with Crippen LogP contribution in [0.1, 0.15) is 27.0 Å². The highest BCUT2D eigenvalue weighted by atomic mass is 16.1. The Kier molecular flexibility index (Phi) is 4.24. The molecule has 0 saturated carbocycles. The van der Waals surface area contributed by atoms with E-state index < -0.39 is 0 Å². The molecule has 2 aromatic rings. The van der Waals surface area contributed by atoms with Crippen molar-refractivity contribution >= 4 is 17.3 Å². The van der Waals surface area contributed by atoms with Crippen LogP contribution in [0.4, 0.5) is 11.4 Å². The minimum Gasteiger partial charge on any atom is -0.387 e. The molecule has 0 spiro atoms. The molecule has 4 nitrogen and oxygen atoms in total. The standard InChI is InChI=1S/C17H17N3O/c1-11-7-8-15(19-3)13(9-11)17(21)20-16-6-4-5-12(2)14(16)10-18/h4-9,19H,1-3H3,(H,20,21). The molecule has 2 rings (SSSR count). The number of anilines is 2. The van der Waals surface area contributed by atoms with E-state index in [4.69, 9.17) is 0 Å². The Morgan fingerprint density at radius 3 is 2.57 bits per heavy atom. The van der Waals surface area contributed by atoms with Gasteiger partial charge in [-0.15, -0.1) is 0 Å². The van der Waals surface area contributed by atoms with Gasteiger partial charge in [-0.25, -0.2) is 0 Å². The Bertz CT molecular complexity index is 729. The molecule has 0 atom stereocenters. The molecular weight excluding hydrogens is 262 g/mol. The van der Waals surface area contributed by atoms with Gasteiger partial charge in [0.15, 0.2) is 0 Å². The number of carbonyl (C=O) groups is 1. The number of nitriles is 1. The Hall–Kier alpha value is -2.80. The van der Waals surface area contributed by atoms with Crippen LogP contribution in [0.5, 0.6) is 0 Å². The van der Waals surface area contributed by atoms with Gasteiger partial charge in [-0.3, -0.25) is 4.79 Å². The second-order valence-electron chi connectivity index (χ2n) is 4.86. The van der Waals surface area contributed by atoms with Crippen molar-refractivity contribution in [2.75, 3.05) is 17.7 Å². The smallest absolute Gasteiger partial charge is 0.257 e. The van der Waals surface area contributed by atoms with Crippen molar-refractivity contribution in [3.63, 3.8) is 0 Å². The van der Waals surface area contributed by atoms with E-state index in [2.05, 4.69) is 16.7 Å². The summed E-state index contributed by atoms with van der Waals surface area (Å²) in [4.78, 5) is 12.5. The zero-order chi connectivity index (χ0) is 15.4. The van der Waals surface area contributed by atoms with Gasteiger partial charge in [-0.2, -0.15) is 5.26 Å². The molecule has 21 heavy (non-hydrogen) atoms. The minimum absolute atomic E-state index is 0.231. The van der Waals surface area contributed by atoms with E-state index in [1.54, 1.807) is 13.1 Å². The molecule has 2 N–H and O–H groups in total. The largest absolute Gasteiger partial charge is 0.387 e. The molecule has 106 valence electrons. The topological polar surface area (TPSA) is 64.9 Å². The maximum absolute atomic E-state index is 12.5. The summed E-state index contributed by atoms with van der Waals surface area (Å²) in [6, 6.07) is 13.2. The second kappa shape index (κ2) is 6.10. The highest BCUT2D eigenvalue weighted by Crippen LogP contribution is 2.22. The average Bonchev–Trinajstić information content (AvgIpc) is 2.47. The van der Waals surface area contributed by atoms with E-state index in [-0.39, 0.29) is 5.91 Å². The lowest BCUT2D eigenvalue weighted by Gasteiger charge is -2.12. The Labute approximate surface area is 124 Å². The highest BCUT2D eigenvalue weighted by Gasteiger charge is 2.13. The van der Waals surface area contributed by atoms with Gasteiger partial charge < -0.3 is 10.6 Å². The molecule has 0 aromatic heterocycles. The SMILES string of the molecule is CNc1ccc(C)cc1C(=O)Nc1cccc(C)c1C#N. The first-order valence-electron chi connectivity index (χ1n) is 6.66. The molecule has 1 amide bonds. The van der Waals surface area contributed by atoms with Crippen molar-refractivity contribution in [2.45, 2.75) is 13.8 Å². The maximum atomic E-state index is 12.5. The molecule has 0 aliphatic rings. The normalized spacial score (nSPS) is 9.81. The zero-order valence-electron chi connectivity index (χ0n) is 12.3. The minimum atomic E-state index is -0.231. The summed E-state index contributed by atoms with van der Waals surface area (Å²) in [5.74, 6) is -0.231. The second-order valence-corrected chi connectivity index (χ2v) is 4.86. The van der Waals surface area contributed by atoms with Gasteiger partial charge in [0, 0.05) is 12.7 Å². The molecule has 0 unspecified atom stereocenters. The monoisotopic (exact) mass is 279 g/mol. The number of benzene rings is 2. The first-order valence-corrected chi connectivity index (χ1v) is 6.66. The van der Waals surface area contributed by atoms with Crippen molar-refractivity contribution in [2.24, 2.45) is 0 Å². The number of aryl methyl sites for hydroxylation is 2. The number of hydrogen-bond acceptors (Lipinski definition) is 3. The Morgan fingerprint density at radius 1 is 1.14 bits per heavy atom. The number of rotatable bonds is 3. The third kappa shape index (κ3) is 3.03. The quantitative estimate of drug-likeness (QED) is 0.904. The van der Waals surface area contributed by atoms with Crippen molar-refractivity contribution in [1.29, 1.82) is 5.26 Å². The molecule has 4 heteroatoms. The van der Waals surface area contributed by atoms with Crippen molar-refractivity contribution in [1.82, 2.24) is 0 Å². The van der Waals surface area contributed by atoms with Crippen LogP contribution >= 0.6 is 0 Å². The molecule has 0 bridgehead atoms. The number of amides is 1. The predicted molar refractivity (Wildman–Crippen MR) is 84.6 cm³/mol. The fourth-order valence-electron chi connectivity index (χ4n) is 2.17. The fraction of sp³-hybridized carbons (Fsp3) is 0.176. The van der Waals surface area contributed by atoms with Crippen LogP contribution in [-0.4, -0.2) is 13.0 Å². The molecule has 2 aromatic carbocycles. The molecule has 0 aliphatic heterocycles. The lowest BCUT2D eigenvalue weighted by atomic mass is 10.1. The first kappa shape index (κ1) is 14.6. The van der Waals surface area contributed by atoms with Crippen LogP contribution in [0.25, 0.3) is 0 Å². The maximum Gasteiger partial charge on any atom is 0.257 e. The van der Waals surface area contributed by atoms with E-state index in [1.807, 2.05) is 44.2 Å². The lowest BCUT2D eigenvalue weighted by molar-refractivity contribution is 0.102. The van der Waals surface area contributed by atoms with Gasteiger partial charge in [-0.1, -0.05) is 23.8 Å². The molecule has 0 heterocycles. The summed E-state index contributed by atoms with van der Waals surface area (Å²) in [5, 5.41) is 15.0. The number of nitrogens with one attached hydrogen (secondary N) is 2. The first-order chi connectivity index (χ1) is 10.1. The van der Waals surface area contributed by atoms with Crippen molar-refractivity contribution < 1.29 is 4.79 Å².